The van der Waals surface area contributed by atoms with Crippen LogP contribution in [0.2, 0.25) is 0 Å². The molecule has 0 fully saturated rings. The van der Waals surface area contributed by atoms with Crippen LogP contribution in [0.15, 0.2) is 6.20 Å². The molecule has 0 amide bonds. The third-order valence-electron chi connectivity index (χ3n) is 2.09. The van der Waals surface area contributed by atoms with Gasteiger partial charge in [-0.05, 0) is 20.8 Å². The minimum Gasteiger partial charge on any atom is -0.481 e. The van der Waals surface area contributed by atoms with Gasteiger partial charge in [-0.2, -0.15) is 0 Å². The Kier molecular flexibility index (Phi) is 2.15. The molecule has 1 heterocycles. The fourth-order valence-electron chi connectivity index (χ4n) is 1.29. The molecule has 0 atom stereocenters. The molecule has 1 aromatic heterocycles. The smallest absolute Gasteiger partial charge is 0.316 e. The molecule has 13 heavy (non-hydrogen) atoms. The highest BCUT2D eigenvalue weighted by molar-refractivity contribution is 5.79. The Hall–Kier alpha value is -1.32. The number of rotatable bonds is 2. The summed E-state index contributed by atoms with van der Waals surface area (Å²) in [6.07, 6.45) is 1.82. The number of carboxylic acid groups (broad SMARTS) is 1. The van der Waals surface area contributed by atoms with Gasteiger partial charge in [-0.3, -0.25) is 4.79 Å². The van der Waals surface area contributed by atoms with Crippen molar-refractivity contribution >= 4 is 5.97 Å². The third kappa shape index (κ3) is 1.56. The summed E-state index contributed by atoms with van der Waals surface area (Å²) in [7, 11) is 1.81. The second-order valence-corrected chi connectivity index (χ2v) is 3.75. The molecular weight excluding hydrogens is 168 g/mol. The van der Waals surface area contributed by atoms with Gasteiger partial charge in [0.2, 0.25) is 0 Å². The second-order valence-electron chi connectivity index (χ2n) is 3.75. The maximum atomic E-state index is 10.9. The van der Waals surface area contributed by atoms with E-state index in [9.17, 15) is 4.79 Å². The Bertz CT molecular complexity index is 339. The van der Waals surface area contributed by atoms with Crippen LogP contribution in [0.25, 0.3) is 0 Å². The zero-order valence-corrected chi connectivity index (χ0v) is 8.33. The average molecular weight is 182 g/mol. The number of imidazole rings is 1. The van der Waals surface area contributed by atoms with Crippen molar-refractivity contribution in [1.82, 2.24) is 9.55 Å². The number of carboxylic acids is 1. The zero-order chi connectivity index (χ0) is 10.2. The largest absolute Gasteiger partial charge is 0.481 e. The molecule has 1 aromatic rings. The molecule has 1 N–H and O–H groups in total. The minimum absolute atomic E-state index is 0.581. The van der Waals surface area contributed by atoms with Crippen molar-refractivity contribution in [2.24, 2.45) is 7.05 Å². The van der Waals surface area contributed by atoms with Crippen LogP contribution in [0, 0.1) is 6.92 Å². The van der Waals surface area contributed by atoms with Crippen molar-refractivity contribution in [1.29, 1.82) is 0 Å². The van der Waals surface area contributed by atoms with Gasteiger partial charge in [-0.25, -0.2) is 4.98 Å². The fourth-order valence-corrected chi connectivity index (χ4v) is 1.29. The van der Waals surface area contributed by atoms with Crippen molar-refractivity contribution < 1.29 is 9.90 Å². The Morgan fingerprint density at radius 3 is 2.46 bits per heavy atom. The molecule has 0 aliphatic carbocycles. The summed E-state index contributed by atoms with van der Waals surface area (Å²) >= 11 is 0. The van der Waals surface area contributed by atoms with E-state index in [1.165, 1.54) is 0 Å². The lowest BCUT2D eigenvalue weighted by Gasteiger charge is -2.18. The van der Waals surface area contributed by atoms with Gasteiger partial charge in [0.15, 0.2) is 0 Å². The first kappa shape index (κ1) is 9.77. The molecule has 0 aliphatic heterocycles. The highest BCUT2D eigenvalue weighted by Crippen LogP contribution is 2.21. The molecule has 1 rings (SSSR count). The fraction of sp³-hybridized carbons (Fsp3) is 0.556. The maximum absolute atomic E-state index is 10.9. The number of hydrogen-bond acceptors (Lipinski definition) is 2. The first-order chi connectivity index (χ1) is 5.85. The molecule has 72 valence electrons. The van der Waals surface area contributed by atoms with E-state index >= 15 is 0 Å². The van der Waals surface area contributed by atoms with E-state index < -0.39 is 11.4 Å². The summed E-state index contributed by atoms with van der Waals surface area (Å²) in [4.78, 5) is 15.1. The van der Waals surface area contributed by atoms with Crippen LogP contribution in [0.4, 0.5) is 0 Å². The molecule has 4 nitrogen and oxygen atoms in total. The van der Waals surface area contributed by atoms with E-state index in [1.54, 1.807) is 25.5 Å². The van der Waals surface area contributed by atoms with Gasteiger partial charge in [0.05, 0.1) is 5.69 Å². The summed E-state index contributed by atoms with van der Waals surface area (Å²) in [6, 6.07) is 0. The first-order valence-electron chi connectivity index (χ1n) is 4.09. The van der Waals surface area contributed by atoms with E-state index in [0.29, 0.717) is 5.82 Å². The molecule has 0 bridgehead atoms. The van der Waals surface area contributed by atoms with Crippen molar-refractivity contribution in [3.8, 4) is 0 Å². The molecular formula is C9H14N2O2. The third-order valence-corrected chi connectivity index (χ3v) is 2.09. The number of aromatic nitrogens is 2. The predicted molar refractivity (Wildman–Crippen MR) is 48.6 cm³/mol. The Labute approximate surface area is 77.2 Å². The van der Waals surface area contributed by atoms with Gasteiger partial charge >= 0.3 is 5.97 Å². The van der Waals surface area contributed by atoms with Crippen LogP contribution in [0.5, 0.6) is 0 Å². The number of aliphatic carboxylic acids is 1. The average Bonchev–Trinajstić information content (AvgIpc) is 2.30. The Balaban J connectivity index is 3.21. The van der Waals surface area contributed by atoms with Gasteiger partial charge in [0.25, 0.3) is 0 Å². The topological polar surface area (TPSA) is 55.1 Å². The molecule has 0 unspecified atom stereocenters. The summed E-state index contributed by atoms with van der Waals surface area (Å²) in [5, 5.41) is 8.98. The Morgan fingerprint density at radius 1 is 1.62 bits per heavy atom. The van der Waals surface area contributed by atoms with Crippen LogP contribution in [-0.4, -0.2) is 20.6 Å². The summed E-state index contributed by atoms with van der Waals surface area (Å²) < 4.78 is 1.75. The summed E-state index contributed by atoms with van der Waals surface area (Å²) in [5.74, 6) is -0.279. The predicted octanol–water partition coefficient (Wildman–Crippen LogP) is 1.09. The summed E-state index contributed by atoms with van der Waals surface area (Å²) in [5.41, 5.74) is -0.0879. The number of carbonyl (C=O) groups is 1. The van der Waals surface area contributed by atoms with Crippen molar-refractivity contribution in [2.75, 3.05) is 0 Å². The molecule has 4 heteroatoms. The number of nitrogens with zero attached hydrogens (tertiary/aromatic N) is 2. The van der Waals surface area contributed by atoms with Crippen LogP contribution in [0.3, 0.4) is 0 Å². The Morgan fingerprint density at radius 2 is 2.15 bits per heavy atom. The standard InChI is InChI=1S/C9H14N2O2/c1-6-5-11(4)7(10-6)9(2,3)8(12)13/h5H,1-4H3,(H,12,13). The van der Waals surface area contributed by atoms with Crippen molar-refractivity contribution in [3.63, 3.8) is 0 Å². The van der Waals surface area contributed by atoms with Crippen molar-refractivity contribution in [3.05, 3.63) is 17.7 Å². The monoisotopic (exact) mass is 182 g/mol. The number of aryl methyl sites for hydroxylation is 2. The van der Waals surface area contributed by atoms with Crippen LogP contribution < -0.4 is 0 Å². The van der Waals surface area contributed by atoms with E-state index in [1.807, 2.05) is 13.1 Å². The second kappa shape index (κ2) is 2.87. The van der Waals surface area contributed by atoms with Gasteiger partial charge in [-0.1, -0.05) is 0 Å². The molecule has 0 radical (unpaired) electrons. The molecule has 0 spiro atoms. The van der Waals surface area contributed by atoms with E-state index in [0.717, 1.165) is 5.69 Å². The lowest BCUT2D eigenvalue weighted by Crippen LogP contribution is -2.31. The van der Waals surface area contributed by atoms with Gasteiger partial charge in [0, 0.05) is 13.2 Å². The normalized spacial score (nSPS) is 11.7. The van der Waals surface area contributed by atoms with Gasteiger partial charge in [0.1, 0.15) is 11.2 Å². The van der Waals surface area contributed by atoms with Crippen molar-refractivity contribution in [2.45, 2.75) is 26.2 Å². The molecule has 0 aliphatic rings. The lowest BCUT2D eigenvalue weighted by molar-refractivity contribution is -0.142. The SMILES string of the molecule is Cc1cn(C)c(C(C)(C)C(=O)O)n1. The highest BCUT2D eigenvalue weighted by Gasteiger charge is 2.33. The quantitative estimate of drug-likeness (QED) is 0.744. The minimum atomic E-state index is -0.928. The molecule has 0 saturated carbocycles. The van der Waals surface area contributed by atoms with E-state index in [-0.39, 0.29) is 0 Å². The van der Waals surface area contributed by atoms with Crippen LogP contribution in [0.1, 0.15) is 25.4 Å². The van der Waals surface area contributed by atoms with E-state index in [2.05, 4.69) is 4.98 Å². The maximum Gasteiger partial charge on any atom is 0.316 e. The zero-order valence-electron chi connectivity index (χ0n) is 8.33. The summed E-state index contributed by atoms with van der Waals surface area (Å²) in [6.45, 7) is 5.15. The molecule has 0 aromatic carbocycles. The number of hydrogen-bond donors (Lipinski definition) is 1. The van der Waals surface area contributed by atoms with Crippen LogP contribution >= 0.6 is 0 Å². The van der Waals surface area contributed by atoms with Gasteiger partial charge in [-0.15, -0.1) is 0 Å². The van der Waals surface area contributed by atoms with Gasteiger partial charge < -0.3 is 9.67 Å². The lowest BCUT2D eigenvalue weighted by atomic mass is 9.93. The van der Waals surface area contributed by atoms with E-state index in [4.69, 9.17) is 5.11 Å². The van der Waals surface area contributed by atoms with Crippen LogP contribution in [-0.2, 0) is 17.3 Å². The molecule has 0 saturated heterocycles. The first-order valence-corrected chi connectivity index (χ1v) is 4.09. The highest BCUT2D eigenvalue weighted by atomic mass is 16.4.